The summed E-state index contributed by atoms with van der Waals surface area (Å²) < 4.78 is 34.3. The van der Waals surface area contributed by atoms with Gasteiger partial charge in [-0.2, -0.15) is 8.78 Å². The molecule has 1 saturated heterocycles. The van der Waals surface area contributed by atoms with Crippen molar-refractivity contribution >= 4 is 11.6 Å². The van der Waals surface area contributed by atoms with Crippen molar-refractivity contribution in [3.8, 4) is 11.5 Å². The van der Waals surface area contributed by atoms with Crippen molar-refractivity contribution in [3.05, 3.63) is 18.2 Å². The Bertz CT molecular complexity index is 533. The molecule has 0 unspecified atom stereocenters. The standard InChI is InChI=1S/C17H24F2N2O3/c1-23-14-8-7-13(11-15(14)24-17(18)19)20-12-16(22)21-9-5-3-2-4-6-10-21/h7-8,11,17,20H,2-6,9-10,12H2,1H3. The number of nitrogens with one attached hydrogen (secondary N) is 1. The smallest absolute Gasteiger partial charge is 0.387 e. The van der Waals surface area contributed by atoms with E-state index in [9.17, 15) is 13.6 Å². The molecule has 1 aliphatic rings. The zero-order valence-electron chi connectivity index (χ0n) is 13.9. The van der Waals surface area contributed by atoms with Gasteiger partial charge in [-0.3, -0.25) is 4.79 Å². The minimum absolute atomic E-state index is 0.0176. The summed E-state index contributed by atoms with van der Waals surface area (Å²) in [6.45, 7) is -1.25. The molecule has 24 heavy (non-hydrogen) atoms. The molecule has 5 nitrogen and oxygen atoms in total. The number of nitrogens with zero attached hydrogens (tertiary/aromatic N) is 1. The minimum Gasteiger partial charge on any atom is -0.493 e. The van der Waals surface area contributed by atoms with E-state index < -0.39 is 6.61 Å². The second-order valence-electron chi connectivity index (χ2n) is 5.75. The molecule has 7 heteroatoms. The van der Waals surface area contributed by atoms with Gasteiger partial charge in [0.05, 0.1) is 13.7 Å². The quantitative estimate of drug-likeness (QED) is 0.860. The predicted octanol–water partition coefficient (Wildman–Crippen LogP) is 3.50. The molecule has 1 aromatic carbocycles. The number of halogens is 2. The number of methoxy groups -OCH3 is 1. The van der Waals surface area contributed by atoms with Gasteiger partial charge in [0.2, 0.25) is 5.91 Å². The van der Waals surface area contributed by atoms with E-state index in [0.717, 1.165) is 38.8 Å². The molecule has 0 spiro atoms. The van der Waals surface area contributed by atoms with Gasteiger partial charge in [-0.25, -0.2) is 0 Å². The highest BCUT2D eigenvalue weighted by Gasteiger charge is 2.15. The van der Waals surface area contributed by atoms with Gasteiger partial charge in [0, 0.05) is 24.8 Å². The number of benzene rings is 1. The molecule has 0 aliphatic carbocycles. The van der Waals surface area contributed by atoms with Crippen LogP contribution in [0.25, 0.3) is 0 Å². The van der Waals surface area contributed by atoms with Crippen molar-refractivity contribution in [3.63, 3.8) is 0 Å². The van der Waals surface area contributed by atoms with Gasteiger partial charge in [-0.1, -0.05) is 19.3 Å². The molecular formula is C17H24F2N2O3. The normalized spacial score (nSPS) is 15.6. The Labute approximate surface area is 140 Å². The number of likely N-dealkylation sites (tertiary alicyclic amines) is 1. The number of amides is 1. The van der Waals surface area contributed by atoms with Crippen LogP contribution in [0.1, 0.15) is 32.1 Å². The summed E-state index contributed by atoms with van der Waals surface area (Å²) in [6.07, 6.45) is 5.61. The maximum Gasteiger partial charge on any atom is 0.387 e. The first-order valence-corrected chi connectivity index (χ1v) is 8.24. The molecule has 134 valence electrons. The number of rotatable bonds is 6. The second kappa shape index (κ2) is 9.30. The Morgan fingerprint density at radius 2 is 1.83 bits per heavy atom. The van der Waals surface area contributed by atoms with Crippen LogP contribution < -0.4 is 14.8 Å². The molecule has 0 atom stereocenters. The van der Waals surface area contributed by atoms with Crippen LogP contribution in [-0.4, -0.2) is 44.2 Å². The third-order valence-electron chi connectivity index (χ3n) is 4.03. The Balaban J connectivity index is 1.93. The maximum absolute atomic E-state index is 12.4. The van der Waals surface area contributed by atoms with Crippen molar-refractivity contribution in [1.82, 2.24) is 4.90 Å². The number of hydrogen-bond donors (Lipinski definition) is 1. The predicted molar refractivity (Wildman–Crippen MR) is 87.8 cm³/mol. The van der Waals surface area contributed by atoms with E-state index in [2.05, 4.69) is 10.1 Å². The van der Waals surface area contributed by atoms with Crippen LogP contribution in [0.2, 0.25) is 0 Å². The molecule has 1 fully saturated rings. The molecular weight excluding hydrogens is 318 g/mol. The van der Waals surface area contributed by atoms with E-state index >= 15 is 0 Å². The number of ether oxygens (including phenoxy) is 2. The minimum atomic E-state index is -2.93. The first kappa shape index (κ1) is 18.3. The van der Waals surface area contributed by atoms with Crippen LogP contribution in [0.4, 0.5) is 14.5 Å². The molecule has 0 aromatic heterocycles. The van der Waals surface area contributed by atoms with Gasteiger partial charge in [-0.05, 0) is 25.0 Å². The topological polar surface area (TPSA) is 50.8 Å². The molecule has 1 aliphatic heterocycles. The molecule has 0 radical (unpaired) electrons. The summed E-state index contributed by atoms with van der Waals surface area (Å²) in [6, 6.07) is 4.60. The Morgan fingerprint density at radius 1 is 1.17 bits per heavy atom. The van der Waals surface area contributed by atoms with Gasteiger partial charge in [0.25, 0.3) is 0 Å². The van der Waals surface area contributed by atoms with Crippen molar-refractivity contribution in [2.75, 3.05) is 32.1 Å². The van der Waals surface area contributed by atoms with E-state index in [1.807, 2.05) is 4.90 Å². The van der Waals surface area contributed by atoms with Gasteiger partial charge >= 0.3 is 6.61 Å². The molecule has 1 heterocycles. The van der Waals surface area contributed by atoms with Crippen LogP contribution in [-0.2, 0) is 4.79 Å². The lowest BCUT2D eigenvalue weighted by atomic mass is 10.1. The van der Waals surface area contributed by atoms with E-state index in [-0.39, 0.29) is 24.0 Å². The Hall–Kier alpha value is -2.05. The highest BCUT2D eigenvalue weighted by atomic mass is 19.3. The van der Waals surface area contributed by atoms with Crippen LogP contribution in [0, 0.1) is 0 Å². The molecule has 2 rings (SSSR count). The summed E-state index contributed by atoms with van der Waals surface area (Å²) >= 11 is 0. The van der Waals surface area contributed by atoms with Gasteiger partial charge in [-0.15, -0.1) is 0 Å². The second-order valence-corrected chi connectivity index (χ2v) is 5.75. The number of alkyl halides is 2. The van der Waals surface area contributed by atoms with Gasteiger partial charge in [0.1, 0.15) is 0 Å². The van der Waals surface area contributed by atoms with Gasteiger partial charge in [0.15, 0.2) is 11.5 Å². The maximum atomic E-state index is 12.4. The molecule has 0 bridgehead atoms. The lowest BCUT2D eigenvalue weighted by Crippen LogP contribution is -2.37. The fourth-order valence-corrected chi connectivity index (χ4v) is 2.76. The average molecular weight is 342 g/mol. The summed E-state index contributed by atoms with van der Waals surface area (Å²) in [7, 11) is 1.38. The van der Waals surface area contributed by atoms with E-state index in [0.29, 0.717) is 5.69 Å². The Kier molecular flexibility index (Phi) is 7.08. The third-order valence-corrected chi connectivity index (χ3v) is 4.03. The van der Waals surface area contributed by atoms with E-state index in [1.54, 1.807) is 6.07 Å². The lowest BCUT2D eigenvalue weighted by Gasteiger charge is -2.25. The summed E-state index contributed by atoms with van der Waals surface area (Å²) in [4.78, 5) is 14.2. The lowest BCUT2D eigenvalue weighted by molar-refractivity contribution is -0.129. The SMILES string of the molecule is COc1ccc(NCC(=O)N2CCCCCCC2)cc1OC(F)F. The first-order valence-electron chi connectivity index (χ1n) is 8.24. The molecule has 1 N–H and O–H groups in total. The van der Waals surface area contributed by atoms with Crippen LogP contribution in [0.3, 0.4) is 0 Å². The van der Waals surface area contributed by atoms with Crippen LogP contribution >= 0.6 is 0 Å². The van der Waals surface area contributed by atoms with Crippen LogP contribution in [0.15, 0.2) is 18.2 Å². The summed E-state index contributed by atoms with van der Waals surface area (Å²) in [5, 5.41) is 2.97. The van der Waals surface area contributed by atoms with Crippen molar-refractivity contribution in [2.24, 2.45) is 0 Å². The monoisotopic (exact) mass is 342 g/mol. The largest absolute Gasteiger partial charge is 0.493 e. The first-order chi connectivity index (χ1) is 11.6. The highest BCUT2D eigenvalue weighted by molar-refractivity contribution is 5.81. The number of carbonyl (C=O) groups excluding carboxylic acids is 1. The van der Waals surface area contributed by atoms with Crippen molar-refractivity contribution in [1.29, 1.82) is 0 Å². The number of anilines is 1. The van der Waals surface area contributed by atoms with Gasteiger partial charge < -0.3 is 19.7 Å². The Morgan fingerprint density at radius 3 is 2.46 bits per heavy atom. The van der Waals surface area contributed by atoms with Crippen molar-refractivity contribution in [2.45, 2.75) is 38.7 Å². The summed E-state index contributed by atoms with van der Waals surface area (Å²) in [5.74, 6) is 0.177. The van der Waals surface area contributed by atoms with E-state index in [4.69, 9.17) is 4.74 Å². The average Bonchev–Trinajstić information content (AvgIpc) is 2.52. The molecule has 1 aromatic rings. The summed E-state index contributed by atoms with van der Waals surface area (Å²) in [5.41, 5.74) is 0.534. The molecule has 1 amide bonds. The van der Waals surface area contributed by atoms with Crippen LogP contribution in [0.5, 0.6) is 11.5 Å². The van der Waals surface area contributed by atoms with E-state index in [1.165, 1.54) is 25.7 Å². The number of carbonyl (C=O) groups is 1. The zero-order valence-corrected chi connectivity index (χ0v) is 13.9. The highest BCUT2D eigenvalue weighted by Crippen LogP contribution is 2.31. The third kappa shape index (κ3) is 5.54. The molecule has 0 saturated carbocycles. The fraction of sp³-hybridized carbons (Fsp3) is 0.588. The number of hydrogen-bond acceptors (Lipinski definition) is 4. The van der Waals surface area contributed by atoms with Crippen molar-refractivity contribution < 1.29 is 23.0 Å². The zero-order chi connectivity index (χ0) is 17.4. The fourth-order valence-electron chi connectivity index (χ4n) is 2.76.